The van der Waals surface area contributed by atoms with Crippen molar-refractivity contribution < 1.29 is 4.79 Å². The molecule has 0 spiro atoms. The van der Waals surface area contributed by atoms with E-state index >= 15 is 0 Å². The van der Waals surface area contributed by atoms with Crippen LogP contribution in [-0.2, 0) is 6.54 Å². The molecule has 0 atom stereocenters. The van der Waals surface area contributed by atoms with Crippen molar-refractivity contribution in [1.29, 1.82) is 0 Å². The van der Waals surface area contributed by atoms with E-state index in [1.165, 1.54) is 6.20 Å². The maximum atomic E-state index is 12.7. The van der Waals surface area contributed by atoms with E-state index in [9.17, 15) is 4.79 Å². The first kappa shape index (κ1) is 15.2. The first-order valence-corrected chi connectivity index (χ1v) is 6.55. The topological polar surface area (TPSA) is 60.9 Å². The Kier molecular flexibility index (Phi) is 4.23. The lowest BCUT2D eigenvalue weighted by atomic mass is 9.71. The first-order chi connectivity index (χ1) is 8.13. The molecule has 1 heterocycles. The highest BCUT2D eigenvalue weighted by atomic mass is 35.5. The fourth-order valence-electron chi connectivity index (χ4n) is 1.56. The number of halogens is 1. The van der Waals surface area contributed by atoms with E-state index in [0.717, 1.165) is 6.42 Å². The highest BCUT2D eigenvalue weighted by Crippen LogP contribution is 2.34. The van der Waals surface area contributed by atoms with Gasteiger partial charge in [0.2, 0.25) is 0 Å². The van der Waals surface area contributed by atoms with E-state index in [4.69, 9.17) is 17.3 Å². The minimum Gasteiger partial charge on any atom is -0.325 e. The second-order valence-corrected chi connectivity index (χ2v) is 6.15. The Hall–Kier alpha value is -0.870. The minimum atomic E-state index is -0.706. The van der Waals surface area contributed by atoms with Crippen LogP contribution in [0.25, 0.3) is 0 Å². The number of Topliss-reactive ketones (excluding diaryl/α,β-unsaturated/α-hetero) is 1. The van der Waals surface area contributed by atoms with E-state index < -0.39 is 11.0 Å². The van der Waals surface area contributed by atoms with Gasteiger partial charge in [-0.15, -0.1) is 0 Å². The molecular weight excluding hydrogens is 250 g/mol. The number of nitrogens with two attached hydrogens (primary N) is 1. The van der Waals surface area contributed by atoms with Crippen molar-refractivity contribution in [2.24, 2.45) is 11.1 Å². The fourth-order valence-corrected chi connectivity index (χ4v) is 1.79. The highest BCUT2D eigenvalue weighted by Gasteiger charge is 2.42. The third-order valence-corrected chi connectivity index (χ3v) is 3.90. The molecule has 18 heavy (non-hydrogen) atoms. The van der Waals surface area contributed by atoms with Gasteiger partial charge in [-0.25, -0.2) is 0 Å². The number of aryl methyl sites for hydroxylation is 1. The smallest absolute Gasteiger partial charge is 0.189 e. The number of carbonyl (C=O) groups is 1. The third kappa shape index (κ3) is 2.59. The predicted octanol–water partition coefficient (Wildman–Crippen LogP) is 2.89. The minimum absolute atomic E-state index is 0.0639. The summed E-state index contributed by atoms with van der Waals surface area (Å²) in [6.45, 7) is 10.1. The van der Waals surface area contributed by atoms with Crippen molar-refractivity contribution in [3.63, 3.8) is 0 Å². The van der Waals surface area contributed by atoms with Gasteiger partial charge in [0.15, 0.2) is 5.78 Å². The Morgan fingerprint density at radius 3 is 2.44 bits per heavy atom. The Morgan fingerprint density at radius 2 is 2.00 bits per heavy atom. The van der Waals surface area contributed by atoms with Gasteiger partial charge in [-0.05, 0) is 20.3 Å². The number of nitrogens with zero attached hydrogens (tertiary/aromatic N) is 2. The molecule has 0 amide bonds. The lowest BCUT2D eigenvalue weighted by molar-refractivity contribution is 0.0722. The maximum absolute atomic E-state index is 12.7. The molecular formula is C13H22ClN3O. The van der Waals surface area contributed by atoms with Gasteiger partial charge in [0.25, 0.3) is 0 Å². The van der Waals surface area contributed by atoms with E-state index in [1.807, 2.05) is 34.6 Å². The third-order valence-electron chi connectivity index (χ3n) is 3.62. The summed E-state index contributed by atoms with van der Waals surface area (Å²) in [5, 5.41) is 4.54. The molecule has 4 nitrogen and oxygen atoms in total. The van der Waals surface area contributed by atoms with Gasteiger partial charge in [0.1, 0.15) is 5.69 Å². The summed E-state index contributed by atoms with van der Waals surface area (Å²) in [5.41, 5.74) is 5.22. The van der Waals surface area contributed by atoms with E-state index in [-0.39, 0.29) is 5.78 Å². The summed E-state index contributed by atoms with van der Waals surface area (Å²) in [6, 6.07) is 0. The molecule has 0 saturated heterocycles. The number of hydrogen-bond acceptors (Lipinski definition) is 3. The predicted molar refractivity (Wildman–Crippen MR) is 73.9 cm³/mol. The standard InChI is InChI=1S/C13H22ClN3O/c1-6-7-17-10(9(14)8-16-17)11(18)12(2,3)13(4,5)15/h8H,6-7,15H2,1-5H3. The molecule has 1 aromatic rings. The van der Waals surface area contributed by atoms with Gasteiger partial charge in [-0.3, -0.25) is 9.48 Å². The fraction of sp³-hybridized carbons (Fsp3) is 0.692. The average molecular weight is 272 g/mol. The Morgan fingerprint density at radius 1 is 1.44 bits per heavy atom. The van der Waals surface area contributed by atoms with Crippen LogP contribution in [0.4, 0.5) is 0 Å². The SMILES string of the molecule is CCCn1ncc(Cl)c1C(=O)C(C)(C)C(C)(C)N. The van der Waals surface area contributed by atoms with Crippen LogP contribution in [0, 0.1) is 5.41 Å². The zero-order valence-electron chi connectivity index (χ0n) is 11.7. The van der Waals surface area contributed by atoms with Gasteiger partial charge in [0.05, 0.1) is 11.2 Å². The summed E-state index contributed by atoms with van der Waals surface area (Å²) >= 11 is 6.09. The van der Waals surface area contributed by atoms with E-state index in [0.29, 0.717) is 17.3 Å². The van der Waals surface area contributed by atoms with Crippen LogP contribution < -0.4 is 5.73 Å². The van der Waals surface area contributed by atoms with E-state index in [1.54, 1.807) is 4.68 Å². The van der Waals surface area contributed by atoms with Crippen LogP contribution in [0.1, 0.15) is 51.5 Å². The van der Waals surface area contributed by atoms with Gasteiger partial charge in [-0.2, -0.15) is 5.10 Å². The van der Waals surface area contributed by atoms with Gasteiger partial charge in [0, 0.05) is 17.5 Å². The van der Waals surface area contributed by atoms with Crippen LogP contribution in [0.15, 0.2) is 6.20 Å². The van der Waals surface area contributed by atoms with Gasteiger partial charge >= 0.3 is 0 Å². The Labute approximate surface area is 113 Å². The zero-order chi connectivity index (χ0) is 14.1. The molecule has 0 fully saturated rings. The number of carbonyl (C=O) groups excluding carboxylic acids is 1. The summed E-state index contributed by atoms with van der Waals surface area (Å²) in [5.74, 6) is -0.0639. The molecule has 2 N–H and O–H groups in total. The number of ketones is 1. The Balaban J connectivity index is 3.23. The molecule has 5 heteroatoms. The molecule has 102 valence electrons. The number of aromatic nitrogens is 2. The Bertz CT molecular complexity index is 444. The van der Waals surface area contributed by atoms with Crippen molar-refractivity contribution in [1.82, 2.24) is 9.78 Å². The quantitative estimate of drug-likeness (QED) is 0.838. The van der Waals surface area contributed by atoms with Crippen molar-refractivity contribution >= 4 is 17.4 Å². The second kappa shape index (κ2) is 5.02. The molecule has 0 aliphatic heterocycles. The molecule has 0 aliphatic carbocycles. The van der Waals surface area contributed by atoms with Gasteiger partial charge in [-0.1, -0.05) is 32.4 Å². The largest absolute Gasteiger partial charge is 0.325 e. The van der Waals surface area contributed by atoms with Crippen molar-refractivity contribution in [3.05, 3.63) is 16.9 Å². The highest BCUT2D eigenvalue weighted by molar-refractivity contribution is 6.33. The number of rotatable bonds is 5. The lowest BCUT2D eigenvalue weighted by Crippen LogP contribution is -2.52. The normalized spacial score (nSPS) is 12.8. The van der Waals surface area contributed by atoms with Crippen LogP contribution in [-0.4, -0.2) is 21.1 Å². The van der Waals surface area contributed by atoms with E-state index in [2.05, 4.69) is 5.10 Å². The van der Waals surface area contributed by atoms with Crippen LogP contribution in [0.2, 0.25) is 5.02 Å². The molecule has 0 bridgehead atoms. The maximum Gasteiger partial charge on any atom is 0.189 e. The van der Waals surface area contributed by atoms with Crippen LogP contribution >= 0.6 is 11.6 Å². The molecule has 1 rings (SSSR count). The molecule has 0 saturated carbocycles. The lowest BCUT2D eigenvalue weighted by Gasteiger charge is -2.37. The van der Waals surface area contributed by atoms with Crippen molar-refractivity contribution in [2.75, 3.05) is 0 Å². The summed E-state index contributed by atoms with van der Waals surface area (Å²) in [6.07, 6.45) is 2.41. The number of hydrogen-bond donors (Lipinski definition) is 1. The summed E-state index contributed by atoms with van der Waals surface area (Å²) < 4.78 is 1.66. The summed E-state index contributed by atoms with van der Waals surface area (Å²) in [4.78, 5) is 12.7. The van der Waals surface area contributed by atoms with Gasteiger partial charge < -0.3 is 5.73 Å². The molecule has 0 aromatic carbocycles. The van der Waals surface area contributed by atoms with Crippen molar-refractivity contribution in [3.8, 4) is 0 Å². The van der Waals surface area contributed by atoms with Crippen molar-refractivity contribution in [2.45, 2.75) is 53.1 Å². The van der Waals surface area contributed by atoms with Crippen LogP contribution in [0.3, 0.4) is 0 Å². The summed E-state index contributed by atoms with van der Waals surface area (Å²) in [7, 11) is 0. The monoisotopic (exact) mass is 271 g/mol. The molecule has 0 unspecified atom stereocenters. The molecule has 1 aromatic heterocycles. The molecule has 0 radical (unpaired) electrons. The zero-order valence-corrected chi connectivity index (χ0v) is 12.5. The van der Waals surface area contributed by atoms with Crippen LogP contribution in [0.5, 0.6) is 0 Å². The second-order valence-electron chi connectivity index (χ2n) is 5.74. The average Bonchev–Trinajstić information content (AvgIpc) is 2.58. The first-order valence-electron chi connectivity index (χ1n) is 6.18. The molecule has 0 aliphatic rings.